The third-order valence-electron chi connectivity index (χ3n) is 11.2. The molecule has 12 rings (SSSR count). The normalized spacial score (nSPS) is 13.6. The SMILES string of the molecule is [2H]c1c([2H])c([2H])c2c(c1[2H])c1c([2H])c(-c3ccc4c(c3)c3c(-c5ccccc5)cccc3n4-c3cccc4c3oc3ccccc34)c([2H])c([2H])c1n2-c1ccc(-c2ccccc2)cc1. The summed E-state index contributed by atoms with van der Waals surface area (Å²) in [5.41, 5.74) is 9.81. The smallest absolute Gasteiger partial charge is 0.159 e. The molecule has 0 unspecified atom stereocenters. The van der Waals surface area contributed by atoms with Crippen molar-refractivity contribution in [1.82, 2.24) is 9.13 Å². The Hall–Kier alpha value is -7.62. The average molecular weight is 734 g/mol. The summed E-state index contributed by atoms with van der Waals surface area (Å²) in [4.78, 5) is 0. The Morgan fingerprint density at radius 1 is 0.404 bits per heavy atom. The first kappa shape index (κ1) is 25.5. The Morgan fingerprint density at radius 3 is 1.96 bits per heavy atom. The van der Waals surface area contributed by atoms with Gasteiger partial charge in [-0.15, -0.1) is 0 Å². The van der Waals surface area contributed by atoms with Crippen LogP contribution in [-0.2, 0) is 0 Å². The highest BCUT2D eigenvalue weighted by molar-refractivity contribution is 6.18. The van der Waals surface area contributed by atoms with Crippen molar-refractivity contribution in [3.05, 3.63) is 206 Å². The summed E-state index contributed by atoms with van der Waals surface area (Å²) in [7, 11) is 0. The van der Waals surface area contributed by atoms with Gasteiger partial charge < -0.3 is 13.6 Å². The lowest BCUT2D eigenvalue weighted by molar-refractivity contribution is 0.666. The van der Waals surface area contributed by atoms with E-state index in [1.807, 2.05) is 115 Å². The minimum absolute atomic E-state index is 0.0934. The quantitative estimate of drug-likeness (QED) is 0.173. The van der Waals surface area contributed by atoms with Gasteiger partial charge in [0.2, 0.25) is 0 Å². The fourth-order valence-corrected chi connectivity index (χ4v) is 8.60. The summed E-state index contributed by atoms with van der Waals surface area (Å²) in [6, 6.07) is 52.0. The van der Waals surface area contributed by atoms with Gasteiger partial charge in [-0.3, -0.25) is 0 Å². The number of hydrogen-bond acceptors (Lipinski definition) is 1. The fraction of sp³-hybridized carbons (Fsp3) is 0. The van der Waals surface area contributed by atoms with Crippen LogP contribution in [-0.4, -0.2) is 9.13 Å². The van der Waals surface area contributed by atoms with Gasteiger partial charge in [-0.05, 0) is 94.0 Å². The van der Waals surface area contributed by atoms with Crippen LogP contribution < -0.4 is 0 Å². The number of rotatable bonds is 5. The molecular weight excluding hydrogens is 693 g/mol. The monoisotopic (exact) mass is 733 g/mol. The highest BCUT2D eigenvalue weighted by atomic mass is 16.3. The maximum Gasteiger partial charge on any atom is 0.159 e. The van der Waals surface area contributed by atoms with Crippen LogP contribution in [0.1, 0.15) is 9.60 Å². The number of nitrogens with zero attached hydrogens (tertiary/aromatic N) is 2. The molecule has 0 N–H and O–H groups in total. The summed E-state index contributed by atoms with van der Waals surface area (Å²) in [6.45, 7) is 0. The first-order valence-electron chi connectivity index (χ1n) is 22.4. The second-order valence-electron chi connectivity index (χ2n) is 14.3. The van der Waals surface area contributed by atoms with Gasteiger partial charge in [0.05, 0.1) is 37.3 Å². The highest BCUT2D eigenvalue weighted by Crippen LogP contribution is 2.43. The second-order valence-corrected chi connectivity index (χ2v) is 14.3. The molecule has 266 valence electrons. The average Bonchev–Trinajstić information content (AvgIpc) is 4.01. The van der Waals surface area contributed by atoms with Crippen molar-refractivity contribution in [2.45, 2.75) is 0 Å². The molecule has 3 heteroatoms. The van der Waals surface area contributed by atoms with Gasteiger partial charge in [0.25, 0.3) is 0 Å². The lowest BCUT2D eigenvalue weighted by Gasteiger charge is -2.10. The third kappa shape index (κ3) is 4.86. The number of furan rings is 1. The lowest BCUT2D eigenvalue weighted by atomic mass is 9.97. The standard InChI is InChI=1S/C54H34N2O/c1-3-13-35(14-4-1)36-25-29-40(30-26-36)55-47-21-9-7-17-42(47)45-33-38(27-31-48(45)55)39-28-32-49-46(34-39)53-41(37-15-5-2-6-16-37)19-11-22-50(53)56(49)51-23-12-20-44-43-18-8-10-24-52(43)57-54(44)51/h1-34H/i7D,9D,17D,21D,27D,31D,33D. The van der Waals surface area contributed by atoms with Crippen LogP contribution in [0.4, 0.5) is 0 Å². The van der Waals surface area contributed by atoms with Crippen LogP contribution in [0.25, 0.3) is 110 Å². The molecule has 0 saturated carbocycles. The fourth-order valence-electron chi connectivity index (χ4n) is 8.60. The van der Waals surface area contributed by atoms with Gasteiger partial charge in [0.15, 0.2) is 5.58 Å². The molecule has 3 heterocycles. The van der Waals surface area contributed by atoms with Gasteiger partial charge in [-0.1, -0.05) is 145 Å². The highest BCUT2D eigenvalue weighted by Gasteiger charge is 2.21. The minimum atomic E-state index is -0.430. The molecular formula is C54H34N2O. The van der Waals surface area contributed by atoms with Crippen molar-refractivity contribution >= 4 is 65.6 Å². The van der Waals surface area contributed by atoms with Gasteiger partial charge in [-0.2, -0.15) is 0 Å². The molecule has 0 aliphatic rings. The predicted octanol–water partition coefficient (Wildman–Crippen LogP) is 14.8. The van der Waals surface area contributed by atoms with E-state index in [2.05, 4.69) is 53.1 Å². The minimum Gasteiger partial charge on any atom is -0.454 e. The van der Waals surface area contributed by atoms with Crippen LogP contribution in [0.3, 0.4) is 0 Å². The van der Waals surface area contributed by atoms with E-state index in [4.69, 9.17) is 8.53 Å². The Morgan fingerprint density at radius 2 is 1.11 bits per heavy atom. The zero-order chi connectivity index (χ0) is 43.5. The summed E-state index contributed by atoms with van der Waals surface area (Å²) in [5.74, 6) is 0. The number of benzene rings is 9. The Kier molecular flexibility index (Phi) is 5.56. The molecule has 0 radical (unpaired) electrons. The third-order valence-corrected chi connectivity index (χ3v) is 11.2. The molecule has 0 fully saturated rings. The molecule has 0 amide bonds. The first-order chi connectivity index (χ1) is 31.2. The van der Waals surface area contributed by atoms with Crippen molar-refractivity contribution in [2.24, 2.45) is 0 Å². The molecule has 0 aliphatic carbocycles. The van der Waals surface area contributed by atoms with Crippen LogP contribution >= 0.6 is 0 Å². The Bertz CT molecular complexity index is 3910. The number of para-hydroxylation sites is 3. The van der Waals surface area contributed by atoms with Gasteiger partial charge >= 0.3 is 0 Å². The van der Waals surface area contributed by atoms with E-state index in [1.165, 1.54) is 0 Å². The molecule has 0 spiro atoms. The maximum absolute atomic E-state index is 9.95. The van der Waals surface area contributed by atoms with Crippen LogP contribution in [0, 0.1) is 0 Å². The van der Waals surface area contributed by atoms with E-state index in [1.54, 1.807) is 4.57 Å². The number of hydrogen-bond donors (Lipinski definition) is 0. The molecule has 0 saturated heterocycles. The summed E-state index contributed by atoms with van der Waals surface area (Å²) >= 11 is 0. The van der Waals surface area contributed by atoms with Crippen molar-refractivity contribution in [3.8, 4) is 44.8 Å². The van der Waals surface area contributed by atoms with Crippen molar-refractivity contribution < 1.29 is 14.0 Å². The van der Waals surface area contributed by atoms with Crippen molar-refractivity contribution in [1.29, 1.82) is 0 Å². The van der Waals surface area contributed by atoms with Crippen molar-refractivity contribution in [3.63, 3.8) is 0 Å². The van der Waals surface area contributed by atoms with Gasteiger partial charge in [-0.25, -0.2) is 0 Å². The van der Waals surface area contributed by atoms with Crippen LogP contribution in [0.2, 0.25) is 0 Å². The maximum atomic E-state index is 9.95. The van der Waals surface area contributed by atoms with E-state index >= 15 is 0 Å². The molecule has 57 heavy (non-hydrogen) atoms. The largest absolute Gasteiger partial charge is 0.454 e. The second kappa shape index (κ2) is 12.5. The van der Waals surface area contributed by atoms with E-state index in [0.29, 0.717) is 11.3 Å². The van der Waals surface area contributed by atoms with Crippen molar-refractivity contribution in [2.75, 3.05) is 0 Å². The zero-order valence-corrected chi connectivity index (χ0v) is 30.4. The van der Waals surface area contributed by atoms with E-state index < -0.39 is 12.1 Å². The Labute approximate surface area is 338 Å². The van der Waals surface area contributed by atoms with E-state index in [0.717, 1.165) is 71.7 Å². The summed E-state index contributed by atoms with van der Waals surface area (Å²) in [6.07, 6.45) is 0. The molecule has 3 nitrogen and oxygen atoms in total. The van der Waals surface area contributed by atoms with Crippen LogP contribution in [0.15, 0.2) is 211 Å². The Balaban J connectivity index is 1.15. The molecule has 0 bridgehead atoms. The summed E-state index contributed by atoms with van der Waals surface area (Å²) in [5, 5.41) is 4.18. The molecule has 9 aromatic carbocycles. The first-order valence-corrected chi connectivity index (χ1v) is 18.9. The topological polar surface area (TPSA) is 23.0 Å². The molecule has 3 aromatic heterocycles. The van der Waals surface area contributed by atoms with E-state index in [-0.39, 0.29) is 57.6 Å². The van der Waals surface area contributed by atoms with Gasteiger partial charge in [0.1, 0.15) is 5.58 Å². The molecule has 0 aliphatic heterocycles. The number of fused-ring (bicyclic) bond motifs is 9. The van der Waals surface area contributed by atoms with Gasteiger partial charge in [0, 0.05) is 38.0 Å². The van der Waals surface area contributed by atoms with E-state index in [9.17, 15) is 5.48 Å². The number of aromatic nitrogens is 2. The molecule has 12 aromatic rings. The zero-order valence-electron chi connectivity index (χ0n) is 37.4. The molecule has 0 atom stereocenters. The predicted molar refractivity (Wildman–Crippen MR) is 239 cm³/mol. The lowest BCUT2D eigenvalue weighted by Crippen LogP contribution is -1.94. The summed E-state index contributed by atoms with van der Waals surface area (Å²) < 4.78 is 75.5. The van der Waals surface area contributed by atoms with Crippen LogP contribution in [0.5, 0.6) is 0 Å².